The van der Waals surface area contributed by atoms with E-state index in [1.165, 1.54) is 0 Å². The average Bonchev–Trinajstić information content (AvgIpc) is 2.25. The predicted octanol–water partition coefficient (Wildman–Crippen LogP) is 2.95. The first-order chi connectivity index (χ1) is 7.20. The summed E-state index contributed by atoms with van der Waals surface area (Å²) in [5, 5.41) is 8.84. The SMILES string of the molecule is Nc1ccccc1.Oc1ccccc1S. The van der Waals surface area contributed by atoms with Gasteiger partial charge in [0.25, 0.3) is 0 Å². The summed E-state index contributed by atoms with van der Waals surface area (Å²) in [6, 6.07) is 16.4. The lowest BCUT2D eigenvalue weighted by atomic mass is 10.3. The van der Waals surface area contributed by atoms with Crippen molar-refractivity contribution in [3.8, 4) is 5.75 Å². The van der Waals surface area contributed by atoms with E-state index in [0.717, 1.165) is 5.69 Å². The molecule has 78 valence electrons. The van der Waals surface area contributed by atoms with Crippen LogP contribution in [0.25, 0.3) is 0 Å². The van der Waals surface area contributed by atoms with E-state index in [4.69, 9.17) is 10.8 Å². The van der Waals surface area contributed by atoms with Crippen LogP contribution in [0.2, 0.25) is 0 Å². The third-order valence-electron chi connectivity index (χ3n) is 1.68. The lowest BCUT2D eigenvalue weighted by Crippen LogP contribution is -1.79. The van der Waals surface area contributed by atoms with Gasteiger partial charge in [-0.05, 0) is 24.3 Å². The van der Waals surface area contributed by atoms with Crippen LogP contribution in [-0.4, -0.2) is 5.11 Å². The van der Waals surface area contributed by atoms with Crippen molar-refractivity contribution < 1.29 is 5.11 Å². The molecule has 0 radical (unpaired) electrons. The summed E-state index contributed by atoms with van der Waals surface area (Å²) >= 11 is 3.95. The molecule has 0 heterocycles. The molecule has 0 saturated carbocycles. The van der Waals surface area contributed by atoms with Crippen molar-refractivity contribution in [2.45, 2.75) is 4.90 Å². The topological polar surface area (TPSA) is 46.2 Å². The van der Waals surface area contributed by atoms with Crippen LogP contribution in [-0.2, 0) is 0 Å². The zero-order valence-corrected chi connectivity index (χ0v) is 9.06. The van der Waals surface area contributed by atoms with Gasteiger partial charge in [-0.3, -0.25) is 0 Å². The molecule has 2 aromatic carbocycles. The molecular weight excluding hydrogens is 206 g/mol. The van der Waals surface area contributed by atoms with Crippen LogP contribution >= 0.6 is 12.6 Å². The van der Waals surface area contributed by atoms with E-state index in [1.807, 2.05) is 36.4 Å². The molecule has 0 aliphatic heterocycles. The van der Waals surface area contributed by atoms with Crippen LogP contribution < -0.4 is 5.73 Å². The minimum atomic E-state index is 0.232. The summed E-state index contributed by atoms with van der Waals surface area (Å²) in [4.78, 5) is 0.618. The number of nitrogen functional groups attached to an aromatic ring is 1. The molecule has 0 spiro atoms. The summed E-state index contributed by atoms with van der Waals surface area (Å²) in [5.41, 5.74) is 6.18. The van der Waals surface area contributed by atoms with Crippen LogP contribution in [0.5, 0.6) is 5.75 Å². The maximum Gasteiger partial charge on any atom is 0.128 e. The Bertz CT molecular complexity index is 382. The Labute approximate surface area is 94.8 Å². The number of phenols is 1. The number of aromatic hydroxyl groups is 1. The molecule has 2 nitrogen and oxygen atoms in total. The molecule has 0 amide bonds. The lowest BCUT2D eigenvalue weighted by Gasteiger charge is -1.91. The fraction of sp³-hybridized carbons (Fsp3) is 0. The Kier molecular flexibility index (Phi) is 4.57. The Morgan fingerprint density at radius 1 is 0.867 bits per heavy atom. The zero-order valence-electron chi connectivity index (χ0n) is 8.17. The summed E-state index contributed by atoms with van der Waals surface area (Å²) in [7, 11) is 0. The van der Waals surface area contributed by atoms with Crippen molar-refractivity contribution in [2.75, 3.05) is 5.73 Å². The molecule has 0 atom stereocenters. The molecular formula is C12H13NOS. The van der Waals surface area contributed by atoms with Gasteiger partial charge in [0, 0.05) is 10.6 Å². The largest absolute Gasteiger partial charge is 0.507 e. The first kappa shape index (κ1) is 11.5. The van der Waals surface area contributed by atoms with Gasteiger partial charge in [-0.2, -0.15) is 0 Å². The van der Waals surface area contributed by atoms with Gasteiger partial charge in [0.2, 0.25) is 0 Å². The zero-order chi connectivity index (χ0) is 11.1. The van der Waals surface area contributed by atoms with Crippen molar-refractivity contribution >= 4 is 18.3 Å². The normalized spacial score (nSPS) is 8.87. The minimum absolute atomic E-state index is 0.232. The highest BCUT2D eigenvalue weighted by Crippen LogP contribution is 2.18. The number of thiol groups is 1. The number of phenolic OH excluding ortho intramolecular Hbond substituents is 1. The summed E-state index contributed by atoms with van der Waals surface area (Å²) in [5.74, 6) is 0.232. The third-order valence-corrected chi connectivity index (χ3v) is 2.06. The standard InChI is InChI=1S/C6H7N.C6H6OS/c7-6-4-2-1-3-5-6;7-5-3-1-2-4-6(5)8/h1-5H,7H2;1-4,7-8H. The van der Waals surface area contributed by atoms with E-state index >= 15 is 0 Å². The second kappa shape index (κ2) is 5.98. The first-order valence-electron chi connectivity index (χ1n) is 4.47. The van der Waals surface area contributed by atoms with Gasteiger partial charge in [0.15, 0.2) is 0 Å². The number of hydrogen-bond acceptors (Lipinski definition) is 3. The number of rotatable bonds is 0. The van der Waals surface area contributed by atoms with Crippen LogP contribution in [0.4, 0.5) is 5.69 Å². The third kappa shape index (κ3) is 4.42. The smallest absolute Gasteiger partial charge is 0.128 e. The highest BCUT2D eigenvalue weighted by atomic mass is 32.1. The van der Waals surface area contributed by atoms with E-state index in [1.54, 1.807) is 18.2 Å². The molecule has 2 rings (SSSR count). The van der Waals surface area contributed by atoms with E-state index in [-0.39, 0.29) is 5.75 Å². The molecule has 0 aliphatic rings. The molecule has 2 aromatic rings. The predicted molar refractivity (Wildman–Crippen MR) is 66.2 cm³/mol. The molecule has 0 unspecified atom stereocenters. The van der Waals surface area contributed by atoms with E-state index < -0.39 is 0 Å². The van der Waals surface area contributed by atoms with E-state index in [2.05, 4.69) is 12.6 Å². The van der Waals surface area contributed by atoms with Crippen LogP contribution in [0.15, 0.2) is 59.5 Å². The molecule has 0 fully saturated rings. The van der Waals surface area contributed by atoms with Crippen molar-refractivity contribution in [3.63, 3.8) is 0 Å². The Morgan fingerprint density at radius 2 is 1.40 bits per heavy atom. The molecule has 0 aromatic heterocycles. The van der Waals surface area contributed by atoms with Crippen molar-refractivity contribution in [1.29, 1.82) is 0 Å². The maximum atomic E-state index is 8.84. The Morgan fingerprint density at radius 3 is 1.73 bits per heavy atom. The Balaban J connectivity index is 0.000000151. The molecule has 0 aliphatic carbocycles. The van der Waals surface area contributed by atoms with Gasteiger partial charge in [0.1, 0.15) is 5.75 Å². The summed E-state index contributed by atoms with van der Waals surface area (Å²) in [6.07, 6.45) is 0. The van der Waals surface area contributed by atoms with Gasteiger partial charge >= 0.3 is 0 Å². The summed E-state index contributed by atoms with van der Waals surface area (Å²) < 4.78 is 0. The molecule has 3 N–H and O–H groups in total. The average molecular weight is 219 g/mol. The fourth-order valence-corrected chi connectivity index (χ4v) is 1.08. The quantitative estimate of drug-likeness (QED) is 0.471. The van der Waals surface area contributed by atoms with Crippen molar-refractivity contribution in [1.82, 2.24) is 0 Å². The second-order valence-electron chi connectivity index (χ2n) is 2.90. The van der Waals surface area contributed by atoms with Crippen LogP contribution in [0, 0.1) is 0 Å². The van der Waals surface area contributed by atoms with Crippen molar-refractivity contribution in [3.05, 3.63) is 54.6 Å². The fourth-order valence-electron chi connectivity index (χ4n) is 0.917. The highest BCUT2D eigenvalue weighted by Gasteiger charge is 1.88. The molecule has 3 heteroatoms. The van der Waals surface area contributed by atoms with Crippen molar-refractivity contribution in [2.24, 2.45) is 0 Å². The second-order valence-corrected chi connectivity index (χ2v) is 3.38. The van der Waals surface area contributed by atoms with E-state index in [9.17, 15) is 0 Å². The number of benzene rings is 2. The molecule has 15 heavy (non-hydrogen) atoms. The number of nitrogens with two attached hydrogens (primary N) is 1. The highest BCUT2D eigenvalue weighted by molar-refractivity contribution is 7.80. The van der Waals surface area contributed by atoms with Gasteiger partial charge in [0.05, 0.1) is 0 Å². The first-order valence-corrected chi connectivity index (χ1v) is 4.92. The van der Waals surface area contributed by atoms with Crippen LogP contribution in [0.3, 0.4) is 0 Å². The van der Waals surface area contributed by atoms with Gasteiger partial charge in [-0.15, -0.1) is 12.6 Å². The molecule has 0 saturated heterocycles. The summed E-state index contributed by atoms with van der Waals surface area (Å²) in [6.45, 7) is 0. The van der Waals surface area contributed by atoms with Gasteiger partial charge < -0.3 is 10.8 Å². The monoisotopic (exact) mass is 219 g/mol. The van der Waals surface area contributed by atoms with Crippen LogP contribution in [0.1, 0.15) is 0 Å². The van der Waals surface area contributed by atoms with Gasteiger partial charge in [-0.1, -0.05) is 30.3 Å². The van der Waals surface area contributed by atoms with E-state index in [0.29, 0.717) is 4.90 Å². The maximum absolute atomic E-state index is 8.84. The number of hydrogen-bond donors (Lipinski definition) is 3. The minimum Gasteiger partial charge on any atom is -0.507 e. The Hall–Kier alpha value is -1.61. The number of anilines is 1. The molecule has 0 bridgehead atoms. The van der Waals surface area contributed by atoms with Gasteiger partial charge in [-0.25, -0.2) is 0 Å². The number of para-hydroxylation sites is 2. The lowest BCUT2D eigenvalue weighted by molar-refractivity contribution is 0.463.